The van der Waals surface area contributed by atoms with Crippen molar-refractivity contribution in [3.05, 3.63) is 118 Å². The van der Waals surface area contributed by atoms with Crippen LogP contribution in [0.25, 0.3) is 0 Å². The molecule has 1 saturated heterocycles. The molecule has 1 atom stereocenters. The fraction of sp³-hybridized carbons (Fsp3) is 0.235. The molecule has 10 heteroatoms. The van der Waals surface area contributed by atoms with Crippen molar-refractivity contribution < 1.29 is 19.0 Å². The molecule has 0 aliphatic carbocycles. The molecule has 0 bridgehead atoms. The van der Waals surface area contributed by atoms with Gasteiger partial charge in [-0.3, -0.25) is 4.90 Å². The fourth-order valence-corrected chi connectivity index (χ4v) is 5.84. The Labute approximate surface area is 266 Å². The summed E-state index contributed by atoms with van der Waals surface area (Å²) in [5.74, 6) is 0.307. The Kier molecular flexibility index (Phi) is 9.21. The van der Waals surface area contributed by atoms with E-state index in [1.165, 1.54) is 0 Å². The number of benzene rings is 4. The minimum Gasteiger partial charge on any atom is -0.489 e. The lowest BCUT2D eigenvalue weighted by Crippen LogP contribution is -2.39. The van der Waals surface area contributed by atoms with Gasteiger partial charge in [-0.2, -0.15) is 0 Å². The summed E-state index contributed by atoms with van der Waals surface area (Å²) >= 11 is 12.8. The predicted octanol–water partition coefficient (Wildman–Crippen LogP) is 7.31. The number of rotatable bonds is 9. The molecule has 44 heavy (non-hydrogen) atoms. The summed E-state index contributed by atoms with van der Waals surface area (Å²) in [5, 5.41) is 7.77. The van der Waals surface area contributed by atoms with Crippen LogP contribution in [0.1, 0.15) is 24.2 Å². The van der Waals surface area contributed by atoms with Crippen molar-refractivity contribution in [1.82, 2.24) is 0 Å². The van der Waals surface area contributed by atoms with Crippen molar-refractivity contribution >= 4 is 52.1 Å². The van der Waals surface area contributed by atoms with Crippen molar-refractivity contribution in [2.45, 2.75) is 19.7 Å². The molecular formula is C34H32Cl2N4O4. The van der Waals surface area contributed by atoms with E-state index in [0.717, 1.165) is 35.7 Å². The summed E-state index contributed by atoms with van der Waals surface area (Å²) in [6, 6.07) is 31.0. The van der Waals surface area contributed by atoms with E-state index in [1.54, 1.807) is 25.1 Å². The van der Waals surface area contributed by atoms with Crippen LogP contribution in [0.5, 0.6) is 5.75 Å². The molecular weight excluding hydrogens is 599 g/mol. The van der Waals surface area contributed by atoms with Crippen molar-refractivity contribution in [2.75, 3.05) is 47.7 Å². The Morgan fingerprint density at radius 2 is 1.55 bits per heavy atom. The second-order valence-electron chi connectivity index (χ2n) is 10.2. The third kappa shape index (κ3) is 6.33. The largest absolute Gasteiger partial charge is 0.489 e. The van der Waals surface area contributed by atoms with E-state index >= 15 is 0 Å². The highest BCUT2D eigenvalue weighted by molar-refractivity contribution is 6.42. The molecule has 0 spiro atoms. The van der Waals surface area contributed by atoms with Gasteiger partial charge in [0, 0.05) is 45.6 Å². The number of carbonyl (C=O) groups excluding carboxylic acids is 1. The van der Waals surface area contributed by atoms with Crippen LogP contribution < -0.4 is 19.5 Å². The minimum atomic E-state index is -0.515. The number of hydrazone groups is 1. The van der Waals surface area contributed by atoms with E-state index in [-0.39, 0.29) is 19.0 Å². The molecule has 8 nitrogen and oxygen atoms in total. The fourth-order valence-electron chi connectivity index (χ4n) is 5.33. The molecule has 2 aliphatic rings. The van der Waals surface area contributed by atoms with Crippen LogP contribution in [0, 0.1) is 0 Å². The lowest BCUT2D eigenvalue weighted by Gasteiger charge is -2.33. The van der Waals surface area contributed by atoms with E-state index in [1.807, 2.05) is 76.6 Å². The number of halogens is 2. The van der Waals surface area contributed by atoms with Crippen molar-refractivity contribution in [3.63, 3.8) is 0 Å². The monoisotopic (exact) mass is 630 g/mol. The van der Waals surface area contributed by atoms with Gasteiger partial charge in [-0.25, -0.2) is 9.80 Å². The Morgan fingerprint density at radius 3 is 2.25 bits per heavy atom. The average molecular weight is 632 g/mol. The molecule has 0 saturated carbocycles. The molecule has 4 aromatic carbocycles. The first-order valence-electron chi connectivity index (χ1n) is 14.5. The number of anilines is 3. The number of morpholine rings is 1. The molecule has 1 fully saturated rings. The minimum absolute atomic E-state index is 0.189. The summed E-state index contributed by atoms with van der Waals surface area (Å²) < 4.78 is 17.2. The van der Waals surface area contributed by atoms with Gasteiger partial charge in [0.05, 0.1) is 25.5 Å². The van der Waals surface area contributed by atoms with E-state index < -0.39 is 12.1 Å². The number of esters is 1. The zero-order valence-corrected chi connectivity index (χ0v) is 25.7. The summed E-state index contributed by atoms with van der Waals surface area (Å²) in [6.07, 6.45) is -0.515. The Balaban J connectivity index is 1.39. The highest BCUT2D eigenvalue weighted by atomic mass is 35.5. The summed E-state index contributed by atoms with van der Waals surface area (Å²) in [5.41, 5.74) is 4.28. The maximum absolute atomic E-state index is 13.4. The number of hydrogen-bond acceptors (Lipinski definition) is 8. The van der Waals surface area contributed by atoms with Crippen LogP contribution >= 0.6 is 23.2 Å². The second-order valence-corrected chi connectivity index (χ2v) is 11.1. The van der Waals surface area contributed by atoms with Crippen molar-refractivity contribution in [3.8, 4) is 5.75 Å². The Bertz CT molecular complexity index is 1610. The Hall–Kier alpha value is -4.24. The average Bonchev–Trinajstić information content (AvgIpc) is 3.47. The van der Waals surface area contributed by atoms with Gasteiger partial charge in [-0.1, -0.05) is 59.6 Å². The molecule has 4 aromatic rings. The maximum atomic E-state index is 13.4. The molecule has 0 N–H and O–H groups in total. The molecule has 226 valence electrons. The third-order valence-corrected chi connectivity index (χ3v) is 8.20. The zero-order valence-electron chi connectivity index (χ0n) is 24.2. The van der Waals surface area contributed by atoms with Crippen LogP contribution in [0.15, 0.2) is 102 Å². The molecule has 6 rings (SSSR count). The van der Waals surface area contributed by atoms with Gasteiger partial charge < -0.3 is 19.1 Å². The number of ether oxygens (including phenoxy) is 3. The zero-order chi connectivity index (χ0) is 30.5. The van der Waals surface area contributed by atoms with E-state index in [0.29, 0.717) is 34.6 Å². The van der Waals surface area contributed by atoms with E-state index in [4.69, 9.17) is 42.5 Å². The number of carbonyl (C=O) groups is 1. The predicted molar refractivity (Wildman–Crippen MR) is 175 cm³/mol. The molecule has 2 aliphatic heterocycles. The summed E-state index contributed by atoms with van der Waals surface area (Å²) in [6.45, 7) is 5.27. The number of hydrogen-bond donors (Lipinski definition) is 0. The first kappa shape index (κ1) is 29.8. The quantitative estimate of drug-likeness (QED) is 0.180. The summed E-state index contributed by atoms with van der Waals surface area (Å²) in [4.78, 5) is 17.6. The standard InChI is InChI=1S/C34H32Cl2N4O4/c1-2-43-34(41)32-37-40(27-9-4-3-5-10-27)33(39(32)26-16-14-25(15-17-26)38-18-20-42-21-19-38)24-8-6-11-28(22-24)44-23-29-30(35)12-7-13-31(29)36/h3-17,22,33H,2,18-21,23H2,1H3/t33-/m0/s1. The van der Waals surface area contributed by atoms with Gasteiger partial charge >= 0.3 is 5.97 Å². The van der Waals surface area contributed by atoms with Gasteiger partial charge in [-0.05, 0) is 67.6 Å². The SMILES string of the molecule is CCOC(=O)C1=NN(c2ccccc2)[C@@H](c2cccc(OCc3c(Cl)cccc3Cl)c2)N1c1ccc(N2CCOCC2)cc1. The highest BCUT2D eigenvalue weighted by Gasteiger charge is 2.41. The molecule has 0 aromatic heterocycles. The van der Waals surface area contributed by atoms with Gasteiger partial charge in [0.25, 0.3) is 0 Å². The van der Waals surface area contributed by atoms with Gasteiger partial charge in [0.15, 0.2) is 6.17 Å². The van der Waals surface area contributed by atoms with Crippen LogP contribution in [0.4, 0.5) is 17.1 Å². The van der Waals surface area contributed by atoms with E-state index in [9.17, 15) is 4.79 Å². The second kappa shape index (κ2) is 13.6. The smallest absolute Gasteiger partial charge is 0.376 e. The maximum Gasteiger partial charge on any atom is 0.376 e. The van der Waals surface area contributed by atoms with Crippen LogP contribution in [0.3, 0.4) is 0 Å². The highest BCUT2D eigenvalue weighted by Crippen LogP contribution is 2.40. The molecule has 0 unspecified atom stereocenters. The van der Waals surface area contributed by atoms with Gasteiger partial charge in [0.2, 0.25) is 5.84 Å². The topological polar surface area (TPSA) is 66.8 Å². The van der Waals surface area contributed by atoms with Gasteiger partial charge in [-0.15, -0.1) is 5.10 Å². The first-order chi connectivity index (χ1) is 21.5. The number of para-hydroxylation sites is 1. The lowest BCUT2D eigenvalue weighted by molar-refractivity contribution is -0.135. The summed E-state index contributed by atoms with van der Waals surface area (Å²) in [7, 11) is 0. The number of nitrogens with zero attached hydrogens (tertiary/aromatic N) is 4. The van der Waals surface area contributed by atoms with Crippen LogP contribution in [-0.4, -0.2) is 44.7 Å². The van der Waals surface area contributed by atoms with Crippen molar-refractivity contribution in [2.24, 2.45) is 5.10 Å². The van der Waals surface area contributed by atoms with Crippen LogP contribution in [0.2, 0.25) is 10.0 Å². The van der Waals surface area contributed by atoms with Crippen LogP contribution in [-0.2, 0) is 20.9 Å². The van der Waals surface area contributed by atoms with Gasteiger partial charge in [0.1, 0.15) is 12.4 Å². The first-order valence-corrected chi connectivity index (χ1v) is 15.3. The van der Waals surface area contributed by atoms with E-state index in [2.05, 4.69) is 17.0 Å². The lowest BCUT2D eigenvalue weighted by atomic mass is 10.1. The Morgan fingerprint density at radius 1 is 0.864 bits per heavy atom. The van der Waals surface area contributed by atoms with Crippen molar-refractivity contribution in [1.29, 1.82) is 0 Å². The number of amidine groups is 1. The molecule has 0 radical (unpaired) electrons. The third-order valence-electron chi connectivity index (χ3n) is 7.49. The normalized spacial score (nSPS) is 16.6. The molecule has 0 amide bonds. The molecule has 2 heterocycles.